The van der Waals surface area contributed by atoms with Crippen molar-refractivity contribution in [1.82, 2.24) is 9.55 Å². The number of hydrogen-bond acceptors (Lipinski definition) is 3. The molecule has 0 atom stereocenters. The fourth-order valence-corrected chi connectivity index (χ4v) is 2.10. The number of H-pyrrole nitrogens is 1. The molecule has 0 bridgehead atoms. The molecule has 4 nitrogen and oxygen atoms in total. The van der Waals surface area contributed by atoms with Gasteiger partial charge in [-0.25, -0.2) is 9.36 Å². The molecule has 0 amide bonds. The predicted octanol–water partition coefficient (Wildman–Crippen LogP) is 2.49. The molecule has 0 saturated carbocycles. The summed E-state index contributed by atoms with van der Waals surface area (Å²) in [5, 5.41) is 0.0184. The van der Waals surface area contributed by atoms with E-state index in [1.165, 1.54) is 18.2 Å². The quantitative estimate of drug-likeness (QED) is 0.793. The fourth-order valence-electron chi connectivity index (χ4n) is 1.55. The molecule has 1 aromatic heterocycles. The van der Waals surface area contributed by atoms with Crippen molar-refractivity contribution in [2.24, 2.45) is 0 Å². The Morgan fingerprint density at radius 2 is 1.85 bits per heavy atom. The Kier molecular flexibility index (Phi) is 3.70. The van der Waals surface area contributed by atoms with Crippen LogP contribution < -0.4 is 11.2 Å². The lowest BCUT2D eigenvalue weighted by molar-refractivity contribution is -0.141. The van der Waals surface area contributed by atoms with Crippen molar-refractivity contribution >= 4 is 24.2 Å². The van der Waals surface area contributed by atoms with Crippen LogP contribution in [0.4, 0.5) is 13.2 Å². The molecular formula is C11H6ClF3N2O2S. The molecule has 9 heteroatoms. The maximum atomic E-state index is 12.5. The second-order valence-electron chi connectivity index (χ2n) is 3.80. The van der Waals surface area contributed by atoms with Gasteiger partial charge in [-0.3, -0.25) is 4.79 Å². The van der Waals surface area contributed by atoms with E-state index in [-0.39, 0.29) is 10.7 Å². The minimum atomic E-state index is -4.81. The second-order valence-corrected chi connectivity index (χ2v) is 4.72. The van der Waals surface area contributed by atoms with Gasteiger partial charge in [-0.05, 0) is 18.2 Å². The molecular weight excluding hydrogens is 317 g/mol. The summed E-state index contributed by atoms with van der Waals surface area (Å²) in [6, 6.07) is 4.43. The second kappa shape index (κ2) is 5.02. The lowest BCUT2D eigenvalue weighted by atomic mass is 10.3. The van der Waals surface area contributed by atoms with Crippen molar-refractivity contribution in [3.8, 4) is 5.69 Å². The highest BCUT2D eigenvalue weighted by atomic mass is 35.5. The molecule has 0 saturated heterocycles. The summed E-state index contributed by atoms with van der Waals surface area (Å²) >= 11 is 9.87. The summed E-state index contributed by atoms with van der Waals surface area (Å²) in [5.74, 6) is 0. The first-order chi connectivity index (χ1) is 9.20. The highest BCUT2D eigenvalue weighted by Gasteiger charge is 2.33. The Morgan fingerprint density at radius 3 is 2.35 bits per heavy atom. The summed E-state index contributed by atoms with van der Waals surface area (Å²) in [6.45, 7) is 0. The topological polar surface area (TPSA) is 54.9 Å². The molecule has 0 aliphatic carbocycles. The van der Waals surface area contributed by atoms with E-state index in [2.05, 4.69) is 12.6 Å². The molecule has 0 spiro atoms. The summed E-state index contributed by atoms with van der Waals surface area (Å²) in [6.07, 6.45) is -4.81. The normalized spacial score (nSPS) is 11.7. The van der Waals surface area contributed by atoms with E-state index in [4.69, 9.17) is 11.6 Å². The average molecular weight is 323 g/mol. The molecule has 0 aliphatic heterocycles. The van der Waals surface area contributed by atoms with Crippen LogP contribution in [0, 0.1) is 0 Å². The van der Waals surface area contributed by atoms with Gasteiger partial charge in [-0.1, -0.05) is 11.6 Å². The number of thiol groups is 1. The molecule has 0 aliphatic rings. The SMILES string of the molecule is O=c1cc(C(F)(F)F)[nH]c(=O)n1-c1ccc(S)cc1Cl. The average Bonchev–Trinajstić information content (AvgIpc) is 2.29. The summed E-state index contributed by atoms with van der Waals surface area (Å²) < 4.78 is 37.9. The lowest BCUT2D eigenvalue weighted by Crippen LogP contribution is -2.35. The van der Waals surface area contributed by atoms with Gasteiger partial charge in [0.05, 0.1) is 10.7 Å². The number of aromatic amines is 1. The van der Waals surface area contributed by atoms with Gasteiger partial charge in [0.25, 0.3) is 5.56 Å². The third-order valence-corrected chi connectivity index (χ3v) is 2.99. The number of nitrogens with zero attached hydrogens (tertiary/aromatic N) is 1. The summed E-state index contributed by atoms with van der Waals surface area (Å²) in [5.41, 5.74) is -3.79. The minimum absolute atomic E-state index is 0.0184. The summed E-state index contributed by atoms with van der Waals surface area (Å²) in [7, 11) is 0. The van der Waals surface area contributed by atoms with Gasteiger partial charge in [-0.2, -0.15) is 13.2 Å². The van der Waals surface area contributed by atoms with Crippen molar-refractivity contribution in [3.63, 3.8) is 0 Å². The standard InChI is InChI=1S/C11H6ClF3N2O2S/c12-6-3-5(20)1-2-7(6)17-9(18)4-8(11(13,14)15)16-10(17)19/h1-4,20H,(H,16,19). The van der Waals surface area contributed by atoms with E-state index in [0.717, 1.165) is 0 Å². The highest BCUT2D eigenvalue weighted by Crippen LogP contribution is 2.26. The van der Waals surface area contributed by atoms with Gasteiger partial charge in [0, 0.05) is 11.0 Å². The van der Waals surface area contributed by atoms with Crippen LogP contribution in [0.15, 0.2) is 38.8 Å². The molecule has 0 unspecified atom stereocenters. The number of nitrogens with one attached hydrogen (secondary N) is 1. The van der Waals surface area contributed by atoms with Gasteiger partial charge in [-0.15, -0.1) is 12.6 Å². The predicted molar refractivity (Wildman–Crippen MR) is 69.9 cm³/mol. The first-order valence-corrected chi connectivity index (χ1v) is 5.95. The zero-order valence-electron chi connectivity index (χ0n) is 9.53. The number of alkyl halides is 3. The van der Waals surface area contributed by atoms with Gasteiger partial charge in [0.1, 0.15) is 5.69 Å². The van der Waals surface area contributed by atoms with Gasteiger partial charge >= 0.3 is 11.9 Å². The zero-order valence-corrected chi connectivity index (χ0v) is 11.2. The Labute approximate surface area is 120 Å². The smallest absolute Gasteiger partial charge is 0.303 e. The summed E-state index contributed by atoms with van der Waals surface area (Å²) in [4.78, 5) is 25.5. The van der Waals surface area contributed by atoms with E-state index in [1.807, 2.05) is 0 Å². The van der Waals surface area contributed by atoms with Gasteiger partial charge in [0.2, 0.25) is 0 Å². The Morgan fingerprint density at radius 1 is 1.20 bits per heavy atom. The van der Waals surface area contributed by atoms with Crippen molar-refractivity contribution in [1.29, 1.82) is 0 Å². The van der Waals surface area contributed by atoms with Gasteiger partial charge in [0.15, 0.2) is 0 Å². The lowest BCUT2D eigenvalue weighted by Gasteiger charge is -2.10. The number of halogens is 4. The van der Waals surface area contributed by atoms with Crippen molar-refractivity contribution in [2.45, 2.75) is 11.1 Å². The molecule has 106 valence electrons. The third kappa shape index (κ3) is 2.75. The first-order valence-electron chi connectivity index (χ1n) is 5.12. The Balaban J connectivity index is 2.71. The van der Waals surface area contributed by atoms with E-state index in [0.29, 0.717) is 15.5 Å². The highest BCUT2D eigenvalue weighted by molar-refractivity contribution is 7.80. The third-order valence-electron chi connectivity index (χ3n) is 2.41. The van der Waals surface area contributed by atoms with Crippen LogP contribution in [-0.2, 0) is 6.18 Å². The van der Waals surface area contributed by atoms with Gasteiger partial charge < -0.3 is 4.98 Å². The van der Waals surface area contributed by atoms with E-state index >= 15 is 0 Å². The molecule has 1 heterocycles. The Hall–Kier alpha value is -1.67. The fraction of sp³-hybridized carbons (Fsp3) is 0.0909. The maximum Gasteiger partial charge on any atom is 0.431 e. The Bertz CT molecular complexity index is 751. The van der Waals surface area contributed by atoms with Crippen LogP contribution >= 0.6 is 24.2 Å². The number of hydrogen-bond donors (Lipinski definition) is 2. The van der Waals surface area contributed by atoms with Crippen LogP contribution in [0.1, 0.15) is 5.69 Å². The number of rotatable bonds is 1. The molecule has 2 aromatic rings. The van der Waals surface area contributed by atoms with Crippen molar-refractivity contribution < 1.29 is 13.2 Å². The molecule has 0 radical (unpaired) electrons. The van der Waals surface area contributed by atoms with Crippen LogP contribution in [0.2, 0.25) is 5.02 Å². The van der Waals surface area contributed by atoms with Crippen LogP contribution in [0.25, 0.3) is 5.69 Å². The van der Waals surface area contributed by atoms with Crippen LogP contribution in [0.5, 0.6) is 0 Å². The number of benzene rings is 1. The molecule has 1 aromatic carbocycles. The van der Waals surface area contributed by atoms with E-state index < -0.39 is 23.1 Å². The number of aromatic nitrogens is 2. The van der Waals surface area contributed by atoms with Crippen molar-refractivity contribution in [2.75, 3.05) is 0 Å². The van der Waals surface area contributed by atoms with Crippen LogP contribution in [0.3, 0.4) is 0 Å². The van der Waals surface area contributed by atoms with Crippen LogP contribution in [-0.4, -0.2) is 9.55 Å². The zero-order chi connectivity index (χ0) is 15.1. The largest absolute Gasteiger partial charge is 0.431 e. The molecule has 1 N–H and O–H groups in total. The molecule has 2 rings (SSSR count). The van der Waals surface area contributed by atoms with Crippen molar-refractivity contribution in [3.05, 3.63) is 55.8 Å². The molecule has 0 fully saturated rings. The van der Waals surface area contributed by atoms with E-state index in [9.17, 15) is 22.8 Å². The maximum absolute atomic E-state index is 12.5. The molecule has 20 heavy (non-hydrogen) atoms. The van der Waals surface area contributed by atoms with E-state index in [1.54, 1.807) is 4.98 Å². The minimum Gasteiger partial charge on any atom is -0.303 e. The monoisotopic (exact) mass is 322 g/mol. The first kappa shape index (κ1) is 14.7.